The summed E-state index contributed by atoms with van der Waals surface area (Å²) in [5, 5.41) is 0. The summed E-state index contributed by atoms with van der Waals surface area (Å²) in [5.74, 6) is 4.36. The van der Waals surface area contributed by atoms with E-state index in [1.165, 1.54) is 12.8 Å². The molecule has 3 unspecified atom stereocenters. The average molecular weight is 134 g/mol. The zero-order valence-corrected chi connectivity index (χ0v) is 6.29. The van der Waals surface area contributed by atoms with Crippen LogP contribution >= 0.6 is 0 Å². The first kappa shape index (κ1) is 5.40. The zero-order chi connectivity index (χ0) is 6.55. The van der Waals surface area contributed by atoms with Crippen LogP contribution in [-0.4, -0.2) is 0 Å². The van der Waals surface area contributed by atoms with Crippen molar-refractivity contribution in [1.82, 2.24) is 0 Å². The van der Waals surface area contributed by atoms with Gasteiger partial charge in [-0.25, -0.2) is 0 Å². The molecule has 0 saturated heterocycles. The summed E-state index contributed by atoms with van der Waals surface area (Å²) in [6.45, 7) is 0. The highest BCUT2D eigenvalue weighted by atomic mass is 14.5. The van der Waals surface area contributed by atoms with E-state index in [-0.39, 0.29) is 0 Å². The van der Waals surface area contributed by atoms with Crippen LogP contribution in [-0.2, 0) is 0 Å². The molecule has 2 saturated carbocycles. The lowest BCUT2D eigenvalue weighted by Crippen LogP contribution is -2.16. The van der Waals surface area contributed by atoms with E-state index in [4.69, 9.17) is 0 Å². The minimum atomic E-state index is 1.03. The van der Waals surface area contributed by atoms with Crippen LogP contribution in [0.1, 0.15) is 25.7 Å². The van der Waals surface area contributed by atoms with Gasteiger partial charge in [0.15, 0.2) is 0 Å². The largest absolute Gasteiger partial charge is 0.0879 e. The van der Waals surface area contributed by atoms with E-state index in [0.717, 1.165) is 23.7 Å². The van der Waals surface area contributed by atoms with E-state index in [1.807, 2.05) is 0 Å². The minimum Gasteiger partial charge on any atom is -0.0879 e. The van der Waals surface area contributed by atoms with Gasteiger partial charge in [-0.05, 0) is 49.4 Å². The van der Waals surface area contributed by atoms with Gasteiger partial charge in [0.1, 0.15) is 0 Å². The Morgan fingerprint density at radius 2 is 2.00 bits per heavy atom. The summed E-state index contributed by atoms with van der Waals surface area (Å²) in [6.07, 6.45) is 11.0. The molecule has 2 fully saturated rings. The van der Waals surface area contributed by atoms with Crippen LogP contribution in [0.3, 0.4) is 0 Å². The lowest BCUT2D eigenvalue weighted by atomic mass is 9.82. The Kier molecular flexibility index (Phi) is 0.898. The molecule has 0 amide bonds. The highest BCUT2D eigenvalue weighted by Gasteiger charge is 2.47. The van der Waals surface area contributed by atoms with Crippen molar-refractivity contribution in [2.75, 3.05) is 0 Å². The van der Waals surface area contributed by atoms with Crippen LogP contribution in [0.5, 0.6) is 0 Å². The van der Waals surface area contributed by atoms with Gasteiger partial charge in [-0.3, -0.25) is 0 Å². The molecule has 0 radical (unpaired) electrons. The second kappa shape index (κ2) is 1.66. The highest BCUT2D eigenvalue weighted by Crippen LogP contribution is 2.56. The molecule has 0 heterocycles. The van der Waals surface area contributed by atoms with Gasteiger partial charge in [0.25, 0.3) is 0 Å². The first-order chi connectivity index (χ1) is 4.95. The van der Waals surface area contributed by atoms with E-state index >= 15 is 0 Å². The number of hydrogen-bond donors (Lipinski definition) is 0. The summed E-state index contributed by atoms with van der Waals surface area (Å²) in [7, 11) is 0. The van der Waals surface area contributed by atoms with Gasteiger partial charge in [0.2, 0.25) is 0 Å². The van der Waals surface area contributed by atoms with Crippen LogP contribution in [0.15, 0.2) is 12.2 Å². The molecular weight excluding hydrogens is 120 g/mol. The average Bonchev–Trinajstić information content (AvgIpc) is 2.60. The lowest BCUT2D eigenvalue weighted by molar-refractivity contribution is 0.285. The Balaban J connectivity index is 1.97. The SMILES string of the molecule is C1=CC2C3CCC(C3)[C@@H]2C1. The highest BCUT2D eigenvalue weighted by molar-refractivity contribution is 5.11. The molecule has 0 aromatic heterocycles. The molecule has 3 aliphatic carbocycles. The predicted octanol–water partition coefficient (Wildman–Crippen LogP) is 2.61. The van der Waals surface area contributed by atoms with Crippen molar-refractivity contribution >= 4 is 0 Å². The number of allylic oxidation sites excluding steroid dienone is 2. The molecule has 4 atom stereocenters. The molecular formula is C10H14. The molecule has 0 heteroatoms. The first-order valence-electron chi connectivity index (χ1n) is 4.62. The molecule has 3 rings (SSSR count). The molecule has 0 nitrogen and oxygen atoms in total. The van der Waals surface area contributed by atoms with Gasteiger partial charge in [-0.2, -0.15) is 0 Å². The summed E-state index contributed by atoms with van der Waals surface area (Å²) in [6, 6.07) is 0. The Morgan fingerprint density at radius 1 is 1.10 bits per heavy atom. The van der Waals surface area contributed by atoms with Gasteiger partial charge in [0, 0.05) is 0 Å². The number of hydrogen-bond acceptors (Lipinski definition) is 0. The fourth-order valence-corrected chi connectivity index (χ4v) is 3.50. The zero-order valence-electron chi connectivity index (χ0n) is 6.29. The molecule has 0 aliphatic heterocycles. The van der Waals surface area contributed by atoms with Crippen molar-refractivity contribution in [3.63, 3.8) is 0 Å². The maximum atomic E-state index is 2.49. The van der Waals surface area contributed by atoms with Gasteiger partial charge in [-0.15, -0.1) is 0 Å². The van der Waals surface area contributed by atoms with Crippen molar-refractivity contribution in [3.8, 4) is 0 Å². The Hall–Kier alpha value is -0.260. The smallest absolute Gasteiger partial charge is 0.0171 e. The van der Waals surface area contributed by atoms with Gasteiger partial charge in [-0.1, -0.05) is 12.2 Å². The minimum absolute atomic E-state index is 1.03. The monoisotopic (exact) mass is 134 g/mol. The summed E-state index contributed by atoms with van der Waals surface area (Å²) in [4.78, 5) is 0. The normalized spacial score (nSPS) is 56.0. The third kappa shape index (κ3) is 0.492. The van der Waals surface area contributed by atoms with Gasteiger partial charge in [0.05, 0.1) is 0 Å². The molecule has 0 spiro atoms. The Morgan fingerprint density at radius 3 is 2.90 bits per heavy atom. The topological polar surface area (TPSA) is 0 Å². The molecule has 0 aromatic rings. The van der Waals surface area contributed by atoms with Crippen LogP contribution in [0, 0.1) is 23.7 Å². The van der Waals surface area contributed by atoms with E-state index in [9.17, 15) is 0 Å². The summed E-state index contributed by atoms with van der Waals surface area (Å²) >= 11 is 0. The maximum absolute atomic E-state index is 2.49. The van der Waals surface area contributed by atoms with Gasteiger partial charge < -0.3 is 0 Å². The second-order valence-corrected chi connectivity index (χ2v) is 4.24. The molecule has 10 heavy (non-hydrogen) atoms. The maximum Gasteiger partial charge on any atom is -0.0171 e. The predicted molar refractivity (Wildman–Crippen MR) is 41.6 cm³/mol. The van der Waals surface area contributed by atoms with E-state index in [2.05, 4.69) is 12.2 Å². The van der Waals surface area contributed by atoms with Crippen LogP contribution in [0.4, 0.5) is 0 Å². The first-order valence-corrected chi connectivity index (χ1v) is 4.62. The third-order valence-electron chi connectivity index (χ3n) is 3.92. The van der Waals surface area contributed by atoms with Crippen molar-refractivity contribution in [2.24, 2.45) is 23.7 Å². The van der Waals surface area contributed by atoms with Crippen molar-refractivity contribution in [1.29, 1.82) is 0 Å². The molecule has 3 aliphatic rings. The fraction of sp³-hybridized carbons (Fsp3) is 0.800. The summed E-state index contributed by atoms with van der Waals surface area (Å²) < 4.78 is 0. The quantitative estimate of drug-likeness (QED) is 0.447. The fourth-order valence-electron chi connectivity index (χ4n) is 3.50. The van der Waals surface area contributed by atoms with Crippen LogP contribution in [0.2, 0.25) is 0 Å². The summed E-state index contributed by atoms with van der Waals surface area (Å²) in [5.41, 5.74) is 0. The number of fused-ring (bicyclic) bond motifs is 5. The Labute approximate surface area is 62.3 Å². The van der Waals surface area contributed by atoms with E-state index in [0.29, 0.717) is 0 Å². The molecule has 0 N–H and O–H groups in total. The molecule has 54 valence electrons. The lowest BCUT2D eigenvalue weighted by Gasteiger charge is -2.23. The van der Waals surface area contributed by atoms with Crippen molar-refractivity contribution < 1.29 is 0 Å². The Bertz CT molecular complexity index is 180. The third-order valence-corrected chi connectivity index (χ3v) is 3.92. The number of rotatable bonds is 0. The van der Waals surface area contributed by atoms with Crippen molar-refractivity contribution in [2.45, 2.75) is 25.7 Å². The second-order valence-electron chi connectivity index (χ2n) is 4.24. The van der Waals surface area contributed by atoms with E-state index < -0.39 is 0 Å². The molecule has 0 aromatic carbocycles. The standard InChI is InChI=1S/C10H14/c1-2-9-7-4-5-8(6-7)10(9)3-1/h1-2,7-10H,3-6H2/t7?,8?,9?,10-/m0/s1. The molecule has 2 bridgehead atoms. The van der Waals surface area contributed by atoms with Crippen LogP contribution < -0.4 is 0 Å². The van der Waals surface area contributed by atoms with Crippen molar-refractivity contribution in [3.05, 3.63) is 12.2 Å². The van der Waals surface area contributed by atoms with E-state index in [1.54, 1.807) is 12.8 Å². The van der Waals surface area contributed by atoms with Crippen LogP contribution in [0.25, 0.3) is 0 Å². The van der Waals surface area contributed by atoms with Gasteiger partial charge >= 0.3 is 0 Å².